The van der Waals surface area contributed by atoms with Crippen LogP contribution in [0.2, 0.25) is 0 Å². The second-order valence-corrected chi connectivity index (χ2v) is 4.49. The normalized spacial score (nSPS) is 11.8. The molecule has 0 bridgehead atoms. The Morgan fingerprint density at radius 3 is 2.15 bits per heavy atom. The summed E-state index contributed by atoms with van der Waals surface area (Å²) in [6, 6.07) is 18.4. The zero-order valence-corrected chi connectivity index (χ0v) is 11.3. The van der Waals surface area contributed by atoms with E-state index in [0.717, 1.165) is 17.2 Å². The summed E-state index contributed by atoms with van der Waals surface area (Å²) in [4.78, 5) is 10.4. The smallest absolute Gasteiger partial charge is 0.328 e. The average Bonchev–Trinajstić information content (AvgIpc) is 2.48. The van der Waals surface area contributed by atoms with Gasteiger partial charge in [-0.2, -0.15) is 0 Å². The Balaban J connectivity index is 2.18. The third-order valence-corrected chi connectivity index (χ3v) is 3.03. The first-order valence-electron chi connectivity index (χ1n) is 6.40. The van der Waals surface area contributed by atoms with Gasteiger partial charge in [0.15, 0.2) is 0 Å². The highest BCUT2D eigenvalue weighted by atomic mass is 16.4. The monoisotopic (exact) mass is 264 g/mol. The van der Waals surface area contributed by atoms with E-state index in [1.807, 2.05) is 37.3 Å². The van der Waals surface area contributed by atoms with Gasteiger partial charge in [-0.15, -0.1) is 0 Å². The number of allylic oxidation sites excluding steroid dienone is 3. The summed E-state index contributed by atoms with van der Waals surface area (Å²) in [5, 5.41) is 8.54. The number of hydrogen-bond acceptors (Lipinski definition) is 1. The van der Waals surface area contributed by atoms with E-state index >= 15 is 0 Å². The number of aliphatic carboxylic acids is 1. The molecular weight excluding hydrogens is 248 g/mol. The van der Waals surface area contributed by atoms with E-state index in [-0.39, 0.29) is 0 Å². The lowest BCUT2D eigenvalue weighted by Crippen LogP contribution is -1.85. The fraction of sp³-hybridized carbons (Fsp3) is 0.0556. The van der Waals surface area contributed by atoms with Gasteiger partial charge in [0.05, 0.1) is 0 Å². The minimum atomic E-state index is -0.937. The first-order valence-corrected chi connectivity index (χ1v) is 6.40. The van der Waals surface area contributed by atoms with Crippen molar-refractivity contribution in [2.45, 2.75) is 6.92 Å². The molecule has 0 fully saturated rings. The molecule has 0 radical (unpaired) electrons. The summed E-state index contributed by atoms with van der Waals surface area (Å²) < 4.78 is 0. The molecule has 100 valence electrons. The van der Waals surface area contributed by atoms with E-state index in [0.29, 0.717) is 0 Å². The van der Waals surface area contributed by atoms with Crippen LogP contribution in [0.5, 0.6) is 0 Å². The molecule has 0 unspecified atom stereocenters. The Morgan fingerprint density at radius 1 is 0.950 bits per heavy atom. The molecule has 2 aromatic rings. The van der Waals surface area contributed by atoms with Gasteiger partial charge in [0.2, 0.25) is 0 Å². The number of rotatable bonds is 4. The van der Waals surface area contributed by atoms with Crippen LogP contribution in [0.25, 0.3) is 16.7 Å². The van der Waals surface area contributed by atoms with Crippen LogP contribution in [0.1, 0.15) is 12.5 Å². The maximum absolute atomic E-state index is 10.4. The topological polar surface area (TPSA) is 37.3 Å². The second kappa shape index (κ2) is 6.53. The highest BCUT2D eigenvalue weighted by Crippen LogP contribution is 2.22. The zero-order valence-electron chi connectivity index (χ0n) is 11.3. The molecule has 1 N–H and O–H groups in total. The summed E-state index contributed by atoms with van der Waals surface area (Å²) in [7, 11) is 0. The molecule has 0 aliphatic rings. The molecule has 0 heterocycles. The van der Waals surface area contributed by atoms with Crippen LogP contribution < -0.4 is 0 Å². The fourth-order valence-corrected chi connectivity index (χ4v) is 1.93. The Bertz CT molecular complexity index is 635. The van der Waals surface area contributed by atoms with Crippen molar-refractivity contribution in [2.75, 3.05) is 0 Å². The van der Waals surface area contributed by atoms with Crippen LogP contribution in [0.15, 0.2) is 72.8 Å². The Labute approximate surface area is 118 Å². The molecule has 0 saturated heterocycles. The summed E-state index contributed by atoms with van der Waals surface area (Å²) in [6.07, 6.45) is 4.47. The number of carbonyl (C=O) groups is 1. The van der Waals surface area contributed by atoms with Crippen molar-refractivity contribution in [1.29, 1.82) is 0 Å². The molecule has 2 aromatic carbocycles. The molecule has 20 heavy (non-hydrogen) atoms. The number of benzene rings is 2. The highest BCUT2D eigenvalue weighted by Gasteiger charge is 1.98. The van der Waals surface area contributed by atoms with Crippen LogP contribution in [-0.4, -0.2) is 11.1 Å². The van der Waals surface area contributed by atoms with E-state index < -0.39 is 5.97 Å². The summed E-state index contributed by atoms with van der Waals surface area (Å²) in [5.74, 6) is -0.937. The van der Waals surface area contributed by atoms with E-state index in [4.69, 9.17) is 5.11 Å². The van der Waals surface area contributed by atoms with Crippen LogP contribution in [0, 0.1) is 0 Å². The van der Waals surface area contributed by atoms with Gasteiger partial charge in [0, 0.05) is 6.08 Å². The van der Waals surface area contributed by atoms with Crippen molar-refractivity contribution >= 4 is 11.5 Å². The highest BCUT2D eigenvalue weighted by molar-refractivity contribution is 5.81. The predicted molar refractivity (Wildman–Crippen MR) is 82.3 cm³/mol. The maximum atomic E-state index is 10.4. The molecular formula is C18H16O2. The van der Waals surface area contributed by atoms with Crippen LogP contribution in [0.3, 0.4) is 0 Å². The molecule has 0 aliphatic heterocycles. The molecule has 2 heteroatoms. The summed E-state index contributed by atoms with van der Waals surface area (Å²) in [5.41, 5.74) is 4.47. The quantitative estimate of drug-likeness (QED) is 0.656. The van der Waals surface area contributed by atoms with Gasteiger partial charge in [0.1, 0.15) is 0 Å². The Morgan fingerprint density at radius 2 is 1.55 bits per heavy atom. The van der Waals surface area contributed by atoms with Gasteiger partial charge >= 0.3 is 5.97 Å². The Kier molecular flexibility index (Phi) is 4.51. The number of carboxylic acid groups (broad SMARTS) is 1. The van der Waals surface area contributed by atoms with Crippen molar-refractivity contribution in [2.24, 2.45) is 0 Å². The van der Waals surface area contributed by atoms with E-state index in [2.05, 4.69) is 24.3 Å². The van der Waals surface area contributed by atoms with Gasteiger partial charge in [-0.05, 0) is 29.2 Å². The number of carboxylic acids is 1. The van der Waals surface area contributed by atoms with Gasteiger partial charge in [0.25, 0.3) is 0 Å². The van der Waals surface area contributed by atoms with Crippen LogP contribution in [-0.2, 0) is 4.79 Å². The van der Waals surface area contributed by atoms with Crippen LogP contribution in [0.4, 0.5) is 0 Å². The predicted octanol–water partition coefficient (Wildman–Crippen LogP) is 4.40. The largest absolute Gasteiger partial charge is 0.478 e. The van der Waals surface area contributed by atoms with Gasteiger partial charge in [-0.25, -0.2) is 4.79 Å². The van der Waals surface area contributed by atoms with Gasteiger partial charge < -0.3 is 5.11 Å². The first-order chi connectivity index (χ1) is 9.66. The molecule has 0 aliphatic carbocycles. The van der Waals surface area contributed by atoms with Crippen molar-refractivity contribution in [3.05, 3.63) is 78.4 Å². The van der Waals surface area contributed by atoms with E-state index in [9.17, 15) is 4.79 Å². The molecule has 2 rings (SSSR count). The van der Waals surface area contributed by atoms with E-state index in [1.54, 1.807) is 12.2 Å². The molecule has 0 atom stereocenters. The van der Waals surface area contributed by atoms with Gasteiger partial charge in [-0.3, -0.25) is 0 Å². The van der Waals surface area contributed by atoms with Gasteiger partial charge in [-0.1, -0.05) is 66.7 Å². The van der Waals surface area contributed by atoms with Crippen molar-refractivity contribution in [1.82, 2.24) is 0 Å². The average molecular weight is 264 g/mol. The molecule has 0 saturated carbocycles. The minimum absolute atomic E-state index is 0.937. The zero-order chi connectivity index (χ0) is 14.4. The lowest BCUT2D eigenvalue weighted by atomic mass is 10.0. The lowest BCUT2D eigenvalue weighted by Gasteiger charge is -2.04. The third kappa shape index (κ3) is 3.69. The Hall–Kier alpha value is -2.61. The molecule has 0 amide bonds. The van der Waals surface area contributed by atoms with Crippen molar-refractivity contribution in [3.8, 4) is 11.1 Å². The van der Waals surface area contributed by atoms with E-state index in [1.165, 1.54) is 11.1 Å². The molecule has 0 aromatic heterocycles. The first kappa shape index (κ1) is 13.8. The maximum Gasteiger partial charge on any atom is 0.328 e. The minimum Gasteiger partial charge on any atom is -0.478 e. The number of hydrogen-bond donors (Lipinski definition) is 1. The summed E-state index contributed by atoms with van der Waals surface area (Å²) in [6.45, 7) is 1.96. The standard InChI is InChI=1S/C18H16O2/c1-14(6-5-9-18(19)20)15-10-12-17(13-11-15)16-7-3-2-4-8-16/h2-13H,1H3,(H,19,20)/b9-5+,14-6+. The van der Waals surface area contributed by atoms with Crippen molar-refractivity contribution < 1.29 is 9.90 Å². The van der Waals surface area contributed by atoms with Crippen LogP contribution >= 0.6 is 0 Å². The third-order valence-electron chi connectivity index (χ3n) is 3.03. The van der Waals surface area contributed by atoms with Crippen molar-refractivity contribution in [3.63, 3.8) is 0 Å². The fourth-order valence-electron chi connectivity index (χ4n) is 1.93. The lowest BCUT2D eigenvalue weighted by molar-refractivity contribution is -0.131. The second-order valence-electron chi connectivity index (χ2n) is 4.49. The summed E-state index contributed by atoms with van der Waals surface area (Å²) >= 11 is 0. The molecule has 2 nitrogen and oxygen atoms in total. The molecule has 0 spiro atoms. The SMILES string of the molecule is C/C(=C\C=C\C(=O)O)c1ccc(-c2ccccc2)cc1.